The molecular formula is C17H20N2O3. The minimum Gasteiger partial charge on any atom is -0.497 e. The summed E-state index contributed by atoms with van der Waals surface area (Å²) in [4.78, 5) is 11.5. The molecule has 0 heterocycles. The third-order valence-corrected chi connectivity index (χ3v) is 3.20. The topological polar surface area (TPSA) is 73.6 Å². The maximum absolute atomic E-state index is 11.5. The SMILES string of the molecule is COc1ccc(OCCN[C@H](C(N)=O)c2ccccc2)cc1. The summed E-state index contributed by atoms with van der Waals surface area (Å²) in [6.07, 6.45) is 0. The van der Waals surface area contributed by atoms with Gasteiger partial charge in [0.05, 0.1) is 7.11 Å². The van der Waals surface area contributed by atoms with Gasteiger partial charge in [-0.3, -0.25) is 10.1 Å². The highest BCUT2D eigenvalue weighted by Crippen LogP contribution is 2.17. The van der Waals surface area contributed by atoms with Gasteiger partial charge in [0, 0.05) is 6.54 Å². The molecule has 0 saturated carbocycles. The average Bonchev–Trinajstić information content (AvgIpc) is 2.56. The van der Waals surface area contributed by atoms with Crippen LogP contribution in [0.5, 0.6) is 11.5 Å². The second-order valence-electron chi connectivity index (χ2n) is 4.72. The zero-order chi connectivity index (χ0) is 15.8. The molecule has 5 nitrogen and oxygen atoms in total. The zero-order valence-electron chi connectivity index (χ0n) is 12.5. The lowest BCUT2D eigenvalue weighted by atomic mass is 10.1. The van der Waals surface area contributed by atoms with Crippen LogP contribution in [-0.4, -0.2) is 26.2 Å². The molecule has 1 atom stereocenters. The average molecular weight is 300 g/mol. The maximum Gasteiger partial charge on any atom is 0.239 e. The van der Waals surface area contributed by atoms with E-state index in [1.165, 1.54) is 0 Å². The van der Waals surface area contributed by atoms with Gasteiger partial charge in [-0.25, -0.2) is 0 Å². The Balaban J connectivity index is 1.82. The van der Waals surface area contributed by atoms with Crippen molar-refractivity contribution in [3.05, 3.63) is 60.2 Å². The van der Waals surface area contributed by atoms with E-state index in [2.05, 4.69) is 5.32 Å². The van der Waals surface area contributed by atoms with Crippen molar-refractivity contribution in [1.29, 1.82) is 0 Å². The predicted octanol–water partition coefficient (Wildman–Crippen LogP) is 1.89. The molecule has 0 aliphatic heterocycles. The Bertz CT molecular complexity index is 585. The van der Waals surface area contributed by atoms with Crippen molar-refractivity contribution in [1.82, 2.24) is 5.32 Å². The van der Waals surface area contributed by atoms with Crippen LogP contribution in [0.3, 0.4) is 0 Å². The fourth-order valence-electron chi connectivity index (χ4n) is 2.07. The van der Waals surface area contributed by atoms with Crippen LogP contribution in [0.25, 0.3) is 0 Å². The molecule has 2 aromatic carbocycles. The van der Waals surface area contributed by atoms with Crippen molar-refractivity contribution in [2.45, 2.75) is 6.04 Å². The summed E-state index contributed by atoms with van der Waals surface area (Å²) in [6, 6.07) is 16.2. The van der Waals surface area contributed by atoms with E-state index in [-0.39, 0.29) is 0 Å². The van der Waals surface area contributed by atoms with Crippen molar-refractivity contribution in [3.8, 4) is 11.5 Å². The number of nitrogens with one attached hydrogen (secondary N) is 1. The number of carbonyl (C=O) groups excluding carboxylic acids is 1. The van der Waals surface area contributed by atoms with E-state index in [9.17, 15) is 4.79 Å². The first-order valence-electron chi connectivity index (χ1n) is 7.05. The van der Waals surface area contributed by atoms with Crippen LogP contribution in [0.4, 0.5) is 0 Å². The van der Waals surface area contributed by atoms with Crippen molar-refractivity contribution >= 4 is 5.91 Å². The molecule has 5 heteroatoms. The van der Waals surface area contributed by atoms with Gasteiger partial charge in [0.15, 0.2) is 0 Å². The minimum absolute atomic E-state index is 0.407. The molecule has 0 radical (unpaired) electrons. The molecule has 3 N–H and O–H groups in total. The van der Waals surface area contributed by atoms with E-state index >= 15 is 0 Å². The first-order valence-corrected chi connectivity index (χ1v) is 7.05. The molecule has 0 saturated heterocycles. The third kappa shape index (κ3) is 4.49. The van der Waals surface area contributed by atoms with Gasteiger partial charge in [0.1, 0.15) is 24.1 Å². The number of carbonyl (C=O) groups is 1. The number of methoxy groups -OCH3 is 1. The molecule has 0 spiro atoms. The van der Waals surface area contributed by atoms with Crippen molar-refractivity contribution in [2.24, 2.45) is 5.73 Å². The van der Waals surface area contributed by atoms with Gasteiger partial charge in [-0.05, 0) is 29.8 Å². The van der Waals surface area contributed by atoms with Crippen molar-refractivity contribution in [2.75, 3.05) is 20.3 Å². The molecular weight excluding hydrogens is 280 g/mol. The Hall–Kier alpha value is -2.53. The second kappa shape index (κ2) is 8.05. The van der Waals surface area contributed by atoms with Gasteiger partial charge >= 0.3 is 0 Å². The number of primary amides is 1. The molecule has 2 aromatic rings. The third-order valence-electron chi connectivity index (χ3n) is 3.20. The Kier molecular flexibility index (Phi) is 5.80. The molecule has 22 heavy (non-hydrogen) atoms. The Morgan fingerprint density at radius 2 is 1.73 bits per heavy atom. The van der Waals surface area contributed by atoms with Gasteiger partial charge in [-0.15, -0.1) is 0 Å². The van der Waals surface area contributed by atoms with Crippen LogP contribution in [0.1, 0.15) is 11.6 Å². The maximum atomic E-state index is 11.5. The number of rotatable bonds is 8. The smallest absolute Gasteiger partial charge is 0.239 e. The zero-order valence-corrected chi connectivity index (χ0v) is 12.5. The van der Waals surface area contributed by atoms with E-state index < -0.39 is 11.9 Å². The predicted molar refractivity (Wildman–Crippen MR) is 84.9 cm³/mol. The molecule has 0 fully saturated rings. The van der Waals surface area contributed by atoms with Crippen LogP contribution in [0.2, 0.25) is 0 Å². The van der Waals surface area contributed by atoms with Crippen LogP contribution in [0.15, 0.2) is 54.6 Å². The molecule has 2 rings (SSSR count). The summed E-state index contributed by atoms with van der Waals surface area (Å²) in [7, 11) is 1.62. The number of ether oxygens (including phenoxy) is 2. The number of nitrogens with two attached hydrogens (primary N) is 1. The summed E-state index contributed by atoms with van der Waals surface area (Å²) in [5, 5.41) is 3.10. The molecule has 0 unspecified atom stereocenters. The van der Waals surface area contributed by atoms with E-state index in [4.69, 9.17) is 15.2 Å². The Labute approximate surface area is 130 Å². The lowest BCUT2D eigenvalue weighted by Crippen LogP contribution is -2.35. The largest absolute Gasteiger partial charge is 0.497 e. The van der Waals surface area contributed by atoms with Crippen LogP contribution in [-0.2, 0) is 4.79 Å². The number of hydrogen-bond donors (Lipinski definition) is 2. The summed E-state index contributed by atoms with van der Waals surface area (Å²) in [5.74, 6) is 1.12. The highest BCUT2D eigenvalue weighted by atomic mass is 16.5. The normalized spacial score (nSPS) is 11.7. The van der Waals surface area contributed by atoms with Gasteiger partial charge in [0.2, 0.25) is 5.91 Å². The quantitative estimate of drug-likeness (QED) is 0.730. The van der Waals surface area contributed by atoms with E-state index in [1.807, 2.05) is 54.6 Å². The van der Waals surface area contributed by atoms with Crippen molar-refractivity contribution in [3.63, 3.8) is 0 Å². The lowest BCUT2D eigenvalue weighted by Gasteiger charge is -2.16. The molecule has 0 aromatic heterocycles. The first kappa shape index (κ1) is 15.9. The monoisotopic (exact) mass is 300 g/mol. The number of benzene rings is 2. The van der Waals surface area contributed by atoms with Crippen molar-refractivity contribution < 1.29 is 14.3 Å². The number of hydrogen-bond acceptors (Lipinski definition) is 4. The van der Waals surface area contributed by atoms with Crippen LogP contribution in [0, 0.1) is 0 Å². The second-order valence-corrected chi connectivity index (χ2v) is 4.72. The van der Waals surface area contributed by atoms with Gasteiger partial charge < -0.3 is 15.2 Å². The minimum atomic E-state index is -0.513. The first-order chi connectivity index (χ1) is 10.7. The fourth-order valence-corrected chi connectivity index (χ4v) is 2.07. The molecule has 0 bridgehead atoms. The summed E-state index contributed by atoms with van der Waals surface area (Å²) < 4.78 is 10.7. The van der Waals surface area contributed by atoms with E-state index in [1.54, 1.807) is 7.11 Å². The standard InChI is InChI=1S/C17H20N2O3/c1-21-14-7-9-15(10-8-14)22-12-11-19-16(17(18)20)13-5-3-2-4-6-13/h2-10,16,19H,11-12H2,1H3,(H2,18,20)/t16-/m0/s1. The summed E-state index contributed by atoms with van der Waals surface area (Å²) in [5.41, 5.74) is 6.28. The Morgan fingerprint density at radius 1 is 1.09 bits per heavy atom. The summed E-state index contributed by atoms with van der Waals surface area (Å²) in [6.45, 7) is 0.942. The van der Waals surface area contributed by atoms with E-state index in [0.717, 1.165) is 17.1 Å². The molecule has 1 amide bonds. The lowest BCUT2D eigenvalue weighted by molar-refractivity contribution is -0.120. The molecule has 116 valence electrons. The van der Waals surface area contributed by atoms with Crippen LogP contribution >= 0.6 is 0 Å². The van der Waals surface area contributed by atoms with Gasteiger partial charge in [-0.1, -0.05) is 30.3 Å². The van der Waals surface area contributed by atoms with Crippen LogP contribution < -0.4 is 20.5 Å². The highest BCUT2D eigenvalue weighted by Gasteiger charge is 2.16. The van der Waals surface area contributed by atoms with Gasteiger partial charge in [-0.2, -0.15) is 0 Å². The highest BCUT2D eigenvalue weighted by molar-refractivity contribution is 5.81. The number of amides is 1. The molecule has 0 aliphatic carbocycles. The van der Waals surface area contributed by atoms with E-state index in [0.29, 0.717) is 13.2 Å². The Morgan fingerprint density at radius 3 is 2.32 bits per heavy atom. The molecule has 0 aliphatic rings. The van der Waals surface area contributed by atoms with Gasteiger partial charge in [0.25, 0.3) is 0 Å². The summed E-state index contributed by atoms with van der Waals surface area (Å²) >= 11 is 0. The fraction of sp³-hybridized carbons (Fsp3) is 0.235.